The highest BCUT2D eigenvalue weighted by Gasteiger charge is 2.53. The average Bonchev–Trinajstić information content (AvgIpc) is 1.56. The number of anilines is 3. The van der Waals surface area contributed by atoms with Crippen LogP contribution in [0.4, 0.5) is 17.1 Å². The summed E-state index contributed by atoms with van der Waals surface area (Å²) >= 11 is 0. The molecule has 0 radical (unpaired) electrons. The molecule has 402 valence electrons. The molecule has 13 aromatic carbocycles. The lowest BCUT2D eigenvalue weighted by atomic mass is 9.66. The number of para-hydroxylation sites is 2. The minimum absolute atomic E-state index is 0.555. The van der Waals surface area contributed by atoms with Crippen molar-refractivity contribution in [3.8, 4) is 56.0 Å². The Morgan fingerprint density at radius 3 is 1.19 bits per heavy atom. The summed E-state index contributed by atoms with van der Waals surface area (Å²) in [7, 11) is 0. The molecule has 14 aromatic rings. The molecule has 0 unspecified atom stereocenters. The van der Waals surface area contributed by atoms with Crippen molar-refractivity contribution in [1.82, 2.24) is 0 Å². The Hall–Kier alpha value is -11.0. The Balaban J connectivity index is 0.922. The fourth-order valence-corrected chi connectivity index (χ4v) is 15.9. The van der Waals surface area contributed by atoms with Crippen LogP contribution in [-0.2, 0) is 16.2 Å². The van der Waals surface area contributed by atoms with Crippen molar-refractivity contribution in [2.24, 2.45) is 0 Å². The Morgan fingerprint density at radius 2 is 0.628 bits per heavy atom. The van der Waals surface area contributed by atoms with Crippen molar-refractivity contribution in [3.63, 3.8) is 0 Å². The Bertz CT molecular complexity index is 4920. The molecular formula is C83H53NO2. The highest BCUT2D eigenvalue weighted by atomic mass is 16.5. The zero-order valence-corrected chi connectivity index (χ0v) is 46.9. The van der Waals surface area contributed by atoms with Gasteiger partial charge < -0.3 is 14.1 Å². The van der Waals surface area contributed by atoms with Crippen LogP contribution < -0.4 is 9.64 Å². The molecule has 1 aliphatic heterocycles. The molecule has 1 aromatic heterocycles. The molecule has 0 N–H and O–H groups in total. The van der Waals surface area contributed by atoms with Gasteiger partial charge >= 0.3 is 0 Å². The van der Waals surface area contributed by atoms with E-state index in [0.717, 1.165) is 61.8 Å². The number of hydrogen-bond acceptors (Lipinski definition) is 3. The normalized spacial score (nSPS) is 14.4. The lowest BCUT2D eigenvalue weighted by Crippen LogP contribution is -2.32. The lowest BCUT2D eigenvalue weighted by molar-refractivity contribution is 0.436. The van der Waals surface area contributed by atoms with Crippen LogP contribution in [-0.4, -0.2) is 0 Å². The summed E-state index contributed by atoms with van der Waals surface area (Å²) in [5.41, 5.74) is 26.4. The van der Waals surface area contributed by atoms with Crippen molar-refractivity contribution >= 4 is 28.0 Å². The van der Waals surface area contributed by atoms with Crippen molar-refractivity contribution in [2.75, 3.05) is 4.90 Å². The van der Waals surface area contributed by atoms with E-state index >= 15 is 0 Å². The van der Waals surface area contributed by atoms with Crippen molar-refractivity contribution < 1.29 is 9.15 Å². The fourth-order valence-electron chi connectivity index (χ4n) is 15.9. The number of benzene rings is 13. The molecule has 86 heavy (non-hydrogen) atoms. The molecule has 1 spiro atoms. The van der Waals surface area contributed by atoms with Gasteiger partial charge in [0.15, 0.2) is 0 Å². The van der Waals surface area contributed by atoms with Crippen molar-refractivity contribution in [1.29, 1.82) is 0 Å². The summed E-state index contributed by atoms with van der Waals surface area (Å²) in [6.45, 7) is 0. The summed E-state index contributed by atoms with van der Waals surface area (Å²) in [4.78, 5) is 2.54. The van der Waals surface area contributed by atoms with E-state index in [-0.39, 0.29) is 0 Å². The zero-order chi connectivity index (χ0) is 56.6. The molecular weight excluding hydrogens is 1040 g/mol. The molecule has 3 aliphatic carbocycles. The first-order valence-corrected chi connectivity index (χ1v) is 29.8. The first-order chi connectivity index (χ1) is 42.6. The van der Waals surface area contributed by atoms with Gasteiger partial charge in [-0.1, -0.05) is 243 Å². The van der Waals surface area contributed by atoms with Gasteiger partial charge in [0.1, 0.15) is 17.1 Å². The molecule has 0 amide bonds. The van der Waals surface area contributed by atoms with E-state index < -0.39 is 16.2 Å². The smallest absolute Gasteiger partial charge is 0.133 e. The highest BCUT2D eigenvalue weighted by molar-refractivity contribution is 5.96. The number of furan rings is 1. The molecule has 0 bridgehead atoms. The predicted molar refractivity (Wildman–Crippen MR) is 348 cm³/mol. The van der Waals surface area contributed by atoms with E-state index in [4.69, 9.17) is 9.15 Å². The summed E-state index contributed by atoms with van der Waals surface area (Å²) < 4.78 is 12.8. The van der Waals surface area contributed by atoms with E-state index in [1.54, 1.807) is 6.26 Å². The molecule has 0 fully saturated rings. The molecule has 3 nitrogen and oxygen atoms in total. The maximum atomic E-state index is 6.96. The Kier molecular flexibility index (Phi) is 10.4. The predicted octanol–water partition coefficient (Wildman–Crippen LogP) is 20.8. The third kappa shape index (κ3) is 6.57. The van der Waals surface area contributed by atoms with Crippen LogP contribution in [0.3, 0.4) is 0 Å². The molecule has 0 saturated carbocycles. The van der Waals surface area contributed by atoms with Gasteiger partial charge in [0.25, 0.3) is 0 Å². The summed E-state index contributed by atoms with van der Waals surface area (Å²) in [6.07, 6.45) is 1.77. The fraction of sp³-hybridized carbons (Fsp3) is 0.0361. The average molecular weight is 1100 g/mol. The molecule has 3 heteroatoms. The van der Waals surface area contributed by atoms with Crippen LogP contribution in [0.25, 0.3) is 55.5 Å². The first kappa shape index (κ1) is 48.5. The van der Waals surface area contributed by atoms with E-state index in [0.29, 0.717) is 0 Å². The lowest BCUT2D eigenvalue weighted by Gasteiger charge is -2.40. The number of ether oxygens (including phenoxy) is 1. The standard InChI is InChI=1S/C83H53NO2/c1-5-21-57(22-6-1)81(58-23-7-2-8-24-58)71-32-16-14-30-65(71)69-51-61(41-45-72(69)81)84(62-39-43-67-64-29-13-15-31-70(64)82(76(67)52-62,59-25-9-3-10-26-59)60-27-11-4-12-28-60)63-40-44-68-66-42-37-55(54-38-46-78-56(49-54)47-48-85-78)50-75(66)83(77(68)53-63)73-33-17-19-35-79(73)86-80-36-20-18-34-74(80)83/h1-53H. The van der Waals surface area contributed by atoms with Gasteiger partial charge in [0, 0.05) is 33.6 Å². The highest BCUT2D eigenvalue weighted by Crippen LogP contribution is 2.65. The molecule has 2 heterocycles. The maximum absolute atomic E-state index is 6.96. The molecule has 4 aliphatic rings. The molecule has 18 rings (SSSR count). The maximum Gasteiger partial charge on any atom is 0.133 e. The topological polar surface area (TPSA) is 25.6 Å². The number of rotatable bonds is 8. The van der Waals surface area contributed by atoms with Crippen LogP contribution in [0, 0.1) is 0 Å². The summed E-state index contributed by atoms with van der Waals surface area (Å²) in [5, 5.41) is 1.08. The van der Waals surface area contributed by atoms with Crippen molar-refractivity contribution in [2.45, 2.75) is 16.2 Å². The van der Waals surface area contributed by atoms with E-state index in [1.165, 1.54) is 89.0 Å². The largest absolute Gasteiger partial charge is 0.464 e. The van der Waals surface area contributed by atoms with Crippen LogP contribution in [0.5, 0.6) is 11.5 Å². The molecule has 0 atom stereocenters. The Labute approximate surface area is 500 Å². The van der Waals surface area contributed by atoms with Crippen LogP contribution >= 0.6 is 0 Å². The quantitative estimate of drug-likeness (QED) is 0.152. The second-order valence-corrected chi connectivity index (χ2v) is 23.4. The monoisotopic (exact) mass is 1100 g/mol. The van der Waals surface area contributed by atoms with Crippen molar-refractivity contribution in [3.05, 3.63) is 388 Å². The van der Waals surface area contributed by atoms with Crippen LogP contribution in [0.15, 0.2) is 326 Å². The summed E-state index contributed by atoms with van der Waals surface area (Å²) in [5.74, 6) is 1.71. The van der Waals surface area contributed by atoms with Gasteiger partial charge in [0.05, 0.1) is 22.5 Å². The van der Waals surface area contributed by atoms with Gasteiger partial charge in [-0.2, -0.15) is 0 Å². The summed E-state index contributed by atoms with van der Waals surface area (Å²) in [6, 6.07) is 117. The number of hydrogen-bond donors (Lipinski definition) is 0. The first-order valence-electron chi connectivity index (χ1n) is 29.8. The van der Waals surface area contributed by atoms with Gasteiger partial charge in [-0.05, 0) is 173 Å². The van der Waals surface area contributed by atoms with E-state index in [1.807, 2.05) is 6.07 Å². The molecule has 0 saturated heterocycles. The Morgan fingerprint density at radius 1 is 0.244 bits per heavy atom. The third-order valence-corrected chi connectivity index (χ3v) is 19.4. The minimum atomic E-state index is -0.759. The van der Waals surface area contributed by atoms with E-state index in [2.05, 4.69) is 314 Å². The zero-order valence-electron chi connectivity index (χ0n) is 46.9. The van der Waals surface area contributed by atoms with Crippen LogP contribution in [0.1, 0.15) is 66.8 Å². The van der Waals surface area contributed by atoms with E-state index in [9.17, 15) is 0 Å². The van der Waals surface area contributed by atoms with Crippen LogP contribution in [0.2, 0.25) is 0 Å². The van der Waals surface area contributed by atoms with Gasteiger partial charge in [-0.3, -0.25) is 0 Å². The number of nitrogens with zero attached hydrogens (tertiary/aromatic N) is 1. The SMILES string of the molecule is c1ccc(C2(c3ccccc3)c3ccccc3-c3cc(N(c4ccc5c(c4)C(c4ccccc4)(c4ccccc4)c4ccccc4-5)c4ccc5c(c4)C4(c6ccccc6Oc6ccccc64)c4cc(-c6ccc7occc7c6)ccc4-5)ccc32)cc1. The second-order valence-electron chi connectivity index (χ2n) is 23.4. The van der Waals surface area contributed by atoms with Gasteiger partial charge in [0.2, 0.25) is 0 Å². The van der Waals surface area contributed by atoms with Gasteiger partial charge in [-0.25, -0.2) is 0 Å². The third-order valence-electron chi connectivity index (χ3n) is 19.4. The number of fused-ring (bicyclic) bond motifs is 16. The van der Waals surface area contributed by atoms with Gasteiger partial charge in [-0.15, -0.1) is 0 Å². The minimum Gasteiger partial charge on any atom is -0.464 e. The second kappa shape index (κ2) is 18.5.